The van der Waals surface area contributed by atoms with Crippen molar-refractivity contribution in [2.75, 3.05) is 30.6 Å². The molecule has 62 valence electrons. The van der Waals surface area contributed by atoms with Crippen LogP contribution in [0.5, 0.6) is 0 Å². The van der Waals surface area contributed by atoms with Gasteiger partial charge in [0.25, 0.3) is 0 Å². The minimum Gasteiger partial charge on any atom is -0.324 e. The van der Waals surface area contributed by atoms with Gasteiger partial charge >= 0.3 is 0 Å². The van der Waals surface area contributed by atoms with Crippen molar-refractivity contribution in [3.05, 3.63) is 0 Å². The average Bonchev–Trinajstić information content (AvgIpc) is 2.01. The van der Waals surface area contributed by atoms with Crippen LogP contribution in [0.25, 0.3) is 0 Å². The highest BCUT2D eigenvalue weighted by atomic mass is 127. The quantitative estimate of drug-likeness (QED) is 0.402. The van der Waals surface area contributed by atoms with Crippen molar-refractivity contribution in [1.29, 1.82) is 0 Å². The molecular formula is C8H19IN+. The van der Waals surface area contributed by atoms with E-state index in [1.165, 1.54) is 35.1 Å². The Labute approximate surface area is 78.5 Å². The van der Waals surface area contributed by atoms with Crippen molar-refractivity contribution < 1.29 is 4.48 Å². The number of hydrogen-bond donors (Lipinski definition) is 0. The molecule has 0 saturated heterocycles. The van der Waals surface area contributed by atoms with Crippen molar-refractivity contribution in [3.8, 4) is 0 Å². The standard InChI is InChI=1S/C8H19IN/c1-4-10(5-2,6-3)8-7-9/h4-8H2,1-3H3/q+1. The van der Waals surface area contributed by atoms with Crippen LogP contribution in [0.2, 0.25) is 0 Å². The lowest BCUT2D eigenvalue weighted by Crippen LogP contribution is -2.48. The third kappa shape index (κ3) is 2.74. The lowest BCUT2D eigenvalue weighted by molar-refractivity contribution is -0.920. The van der Waals surface area contributed by atoms with Crippen molar-refractivity contribution in [2.24, 2.45) is 0 Å². The van der Waals surface area contributed by atoms with Gasteiger partial charge in [0.2, 0.25) is 0 Å². The maximum Gasteiger partial charge on any atom is 0.0877 e. The van der Waals surface area contributed by atoms with Crippen molar-refractivity contribution >= 4 is 22.6 Å². The predicted molar refractivity (Wildman–Crippen MR) is 55.6 cm³/mol. The molecule has 10 heavy (non-hydrogen) atoms. The second kappa shape index (κ2) is 5.35. The normalized spacial score (nSPS) is 12.0. The molecule has 0 bridgehead atoms. The van der Waals surface area contributed by atoms with Crippen LogP contribution < -0.4 is 0 Å². The van der Waals surface area contributed by atoms with Gasteiger partial charge in [-0.15, -0.1) is 0 Å². The molecule has 0 atom stereocenters. The first-order valence-electron chi connectivity index (χ1n) is 4.15. The number of hydrogen-bond acceptors (Lipinski definition) is 0. The SMILES string of the molecule is CC[N+](CC)(CC)CCI. The molecule has 0 fully saturated rings. The number of rotatable bonds is 5. The van der Waals surface area contributed by atoms with Crippen molar-refractivity contribution in [2.45, 2.75) is 20.8 Å². The minimum atomic E-state index is 1.28. The van der Waals surface area contributed by atoms with E-state index in [2.05, 4.69) is 43.4 Å². The molecule has 0 amide bonds. The van der Waals surface area contributed by atoms with Gasteiger partial charge in [-0.3, -0.25) is 0 Å². The Morgan fingerprint density at radius 1 is 1.00 bits per heavy atom. The molecule has 0 rings (SSSR count). The first kappa shape index (κ1) is 10.7. The molecule has 0 heterocycles. The second-order valence-corrected chi connectivity index (χ2v) is 3.78. The first-order valence-corrected chi connectivity index (χ1v) is 5.68. The summed E-state index contributed by atoms with van der Waals surface area (Å²) in [5.74, 6) is 0. The predicted octanol–water partition coefficient (Wildman–Crippen LogP) is 2.30. The van der Waals surface area contributed by atoms with Crippen LogP contribution in [0.15, 0.2) is 0 Å². The minimum absolute atomic E-state index is 1.28. The Kier molecular flexibility index (Phi) is 5.72. The van der Waals surface area contributed by atoms with E-state index in [0.29, 0.717) is 0 Å². The fourth-order valence-electron chi connectivity index (χ4n) is 1.32. The summed E-state index contributed by atoms with van der Waals surface area (Å²) >= 11 is 2.47. The van der Waals surface area contributed by atoms with Gasteiger partial charge in [0.1, 0.15) is 0 Å². The number of alkyl halides is 1. The zero-order valence-corrected chi connectivity index (χ0v) is 9.52. The number of quaternary nitrogens is 1. The maximum atomic E-state index is 2.47. The summed E-state index contributed by atoms with van der Waals surface area (Å²) in [5, 5.41) is 0. The van der Waals surface area contributed by atoms with Crippen LogP contribution in [0, 0.1) is 0 Å². The van der Waals surface area contributed by atoms with Gasteiger partial charge < -0.3 is 4.48 Å². The van der Waals surface area contributed by atoms with Gasteiger partial charge in [0.15, 0.2) is 0 Å². The summed E-state index contributed by atoms with van der Waals surface area (Å²) in [6.07, 6.45) is 0. The molecule has 1 nitrogen and oxygen atoms in total. The van der Waals surface area contributed by atoms with Crippen LogP contribution in [0.3, 0.4) is 0 Å². The molecule has 0 radical (unpaired) electrons. The smallest absolute Gasteiger partial charge is 0.0877 e. The van der Waals surface area contributed by atoms with E-state index < -0.39 is 0 Å². The second-order valence-electron chi connectivity index (χ2n) is 2.70. The Morgan fingerprint density at radius 3 is 1.50 bits per heavy atom. The number of halogens is 1. The third-order valence-corrected chi connectivity index (χ3v) is 3.05. The van der Waals surface area contributed by atoms with Gasteiger partial charge in [-0.25, -0.2) is 0 Å². The molecule has 2 heteroatoms. The van der Waals surface area contributed by atoms with Crippen LogP contribution in [0.1, 0.15) is 20.8 Å². The van der Waals surface area contributed by atoms with Gasteiger partial charge in [0.05, 0.1) is 26.2 Å². The Hall–Kier alpha value is 0.690. The zero-order valence-electron chi connectivity index (χ0n) is 7.36. The van der Waals surface area contributed by atoms with Gasteiger partial charge in [-0.05, 0) is 20.8 Å². The van der Waals surface area contributed by atoms with Crippen molar-refractivity contribution in [3.63, 3.8) is 0 Å². The lowest BCUT2D eigenvalue weighted by atomic mass is 10.3. The molecule has 0 aliphatic rings. The molecule has 0 aromatic rings. The molecule has 0 N–H and O–H groups in total. The molecule has 0 spiro atoms. The van der Waals surface area contributed by atoms with Crippen LogP contribution in [-0.2, 0) is 0 Å². The zero-order chi connectivity index (χ0) is 8.04. The maximum absolute atomic E-state index is 2.47. The molecule has 0 aliphatic carbocycles. The van der Waals surface area contributed by atoms with Gasteiger partial charge in [0, 0.05) is 4.43 Å². The van der Waals surface area contributed by atoms with E-state index in [1.54, 1.807) is 0 Å². The molecule has 0 aromatic carbocycles. The van der Waals surface area contributed by atoms with Gasteiger partial charge in [-0.1, -0.05) is 22.6 Å². The Balaban J connectivity index is 3.87. The molecule has 0 aromatic heterocycles. The van der Waals surface area contributed by atoms with Crippen LogP contribution in [-0.4, -0.2) is 35.1 Å². The highest BCUT2D eigenvalue weighted by Gasteiger charge is 2.18. The van der Waals surface area contributed by atoms with E-state index in [-0.39, 0.29) is 0 Å². The van der Waals surface area contributed by atoms with E-state index in [0.717, 1.165) is 0 Å². The topological polar surface area (TPSA) is 0 Å². The Morgan fingerprint density at radius 2 is 1.40 bits per heavy atom. The lowest BCUT2D eigenvalue weighted by Gasteiger charge is -2.35. The van der Waals surface area contributed by atoms with Crippen LogP contribution in [0.4, 0.5) is 0 Å². The fourth-order valence-corrected chi connectivity index (χ4v) is 2.35. The first-order chi connectivity index (χ1) is 4.74. The van der Waals surface area contributed by atoms with Crippen LogP contribution >= 0.6 is 22.6 Å². The molecule has 0 unspecified atom stereocenters. The summed E-state index contributed by atoms with van der Waals surface area (Å²) in [6.45, 7) is 12.1. The largest absolute Gasteiger partial charge is 0.324 e. The van der Waals surface area contributed by atoms with Gasteiger partial charge in [-0.2, -0.15) is 0 Å². The summed E-state index contributed by atoms with van der Waals surface area (Å²) in [5.41, 5.74) is 0. The molecular weight excluding hydrogens is 237 g/mol. The highest BCUT2D eigenvalue weighted by Crippen LogP contribution is 2.05. The molecule has 0 aliphatic heterocycles. The van der Waals surface area contributed by atoms with Crippen molar-refractivity contribution in [1.82, 2.24) is 0 Å². The third-order valence-electron chi connectivity index (χ3n) is 2.57. The summed E-state index contributed by atoms with van der Waals surface area (Å²) in [4.78, 5) is 0. The van der Waals surface area contributed by atoms with E-state index in [9.17, 15) is 0 Å². The summed E-state index contributed by atoms with van der Waals surface area (Å²) in [6, 6.07) is 0. The summed E-state index contributed by atoms with van der Waals surface area (Å²) in [7, 11) is 0. The molecule has 0 saturated carbocycles. The summed E-state index contributed by atoms with van der Waals surface area (Å²) < 4.78 is 2.58. The Bertz CT molecular complexity index is 71.1. The average molecular weight is 256 g/mol. The monoisotopic (exact) mass is 256 g/mol. The number of nitrogens with zero attached hydrogens (tertiary/aromatic N) is 1. The van der Waals surface area contributed by atoms with E-state index in [4.69, 9.17) is 0 Å². The van der Waals surface area contributed by atoms with E-state index in [1.807, 2.05) is 0 Å². The highest BCUT2D eigenvalue weighted by molar-refractivity contribution is 14.1. The fraction of sp³-hybridized carbons (Fsp3) is 1.00. The van der Waals surface area contributed by atoms with E-state index >= 15 is 0 Å².